The van der Waals surface area contributed by atoms with E-state index in [1.54, 1.807) is 13.4 Å². The molecule has 0 spiro atoms. The predicted molar refractivity (Wildman–Crippen MR) is 73.5 cm³/mol. The second-order valence-corrected chi connectivity index (χ2v) is 4.25. The van der Waals surface area contributed by atoms with Crippen molar-refractivity contribution in [2.75, 3.05) is 14.2 Å². The number of methoxy groups -OCH3 is 1. The number of ether oxygens (including phenoxy) is 2. The molecular formula is C15H19NO3. The largest absolute Gasteiger partial charge is 0.496 e. The second-order valence-electron chi connectivity index (χ2n) is 4.25. The van der Waals surface area contributed by atoms with Crippen LogP contribution in [0.2, 0.25) is 0 Å². The predicted octanol–water partition coefficient (Wildman–Crippen LogP) is 3.15. The van der Waals surface area contributed by atoms with E-state index in [2.05, 4.69) is 12.2 Å². The summed E-state index contributed by atoms with van der Waals surface area (Å²) in [5, 5.41) is 3.21. The normalized spacial score (nSPS) is 12.2. The van der Waals surface area contributed by atoms with Crippen molar-refractivity contribution in [3.63, 3.8) is 0 Å². The molecule has 0 aliphatic carbocycles. The van der Waals surface area contributed by atoms with Crippen molar-refractivity contribution in [3.8, 4) is 11.5 Å². The van der Waals surface area contributed by atoms with Gasteiger partial charge in [0.05, 0.1) is 18.9 Å². The van der Waals surface area contributed by atoms with Crippen LogP contribution in [0.25, 0.3) is 0 Å². The molecule has 0 aliphatic heterocycles. The molecule has 19 heavy (non-hydrogen) atoms. The molecule has 1 heterocycles. The number of hydrogen-bond donors (Lipinski definition) is 1. The minimum Gasteiger partial charge on any atom is -0.496 e. The van der Waals surface area contributed by atoms with Crippen LogP contribution in [0.1, 0.15) is 24.3 Å². The van der Waals surface area contributed by atoms with Crippen molar-refractivity contribution in [2.45, 2.75) is 19.6 Å². The standard InChI is InChI=1S/C15H19NO3/c1-11(16-2)15-13(17-3)7-4-8-14(15)19-10-12-6-5-9-18-12/h4-9,11,16H,10H2,1-3H3. The summed E-state index contributed by atoms with van der Waals surface area (Å²) in [6, 6.07) is 9.67. The first-order valence-electron chi connectivity index (χ1n) is 6.25. The number of nitrogens with one attached hydrogen (secondary N) is 1. The molecule has 4 heteroatoms. The van der Waals surface area contributed by atoms with Crippen molar-refractivity contribution >= 4 is 0 Å². The van der Waals surface area contributed by atoms with E-state index in [1.165, 1.54) is 0 Å². The van der Waals surface area contributed by atoms with Crippen LogP contribution in [0.5, 0.6) is 11.5 Å². The maximum absolute atomic E-state index is 5.83. The Kier molecular flexibility index (Phi) is 4.47. The van der Waals surface area contributed by atoms with Gasteiger partial charge in [-0.3, -0.25) is 0 Å². The van der Waals surface area contributed by atoms with Gasteiger partial charge in [0.15, 0.2) is 0 Å². The number of benzene rings is 1. The van der Waals surface area contributed by atoms with Gasteiger partial charge in [-0.2, -0.15) is 0 Å². The summed E-state index contributed by atoms with van der Waals surface area (Å²) in [5.41, 5.74) is 1.01. The van der Waals surface area contributed by atoms with Crippen LogP contribution in [0.4, 0.5) is 0 Å². The van der Waals surface area contributed by atoms with Crippen LogP contribution in [-0.4, -0.2) is 14.2 Å². The van der Waals surface area contributed by atoms with Gasteiger partial charge < -0.3 is 19.2 Å². The summed E-state index contributed by atoms with van der Waals surface area (Å²) in [7, 11) is 3.57. The molecule has 2 rings (SSSR count). The smallest absolute Gasteiger partial charge is 0.146 e. The lowest BCUT2D eigenvalue weighted by molar-refractivity contribution is 0.263. The fourth-order valence-electron chi connectivity index (χ4n) is 1.94. The van der Waals surface area contributed by atoms with Crippen LogP contribution in [0, 0.1) is 0 Å². The molecule has 1 N–H and O–H groups in total. The number of furan rings is 1. The lowest BCUT2D eigenvalue weighted by atomic mass is 10.1. The van der Waals surface area contributed by atoms with Crippen molar-refractivity contribution < 1.29 is 13.9 Å². The highest BCUT2D eigenvalue weighted by Crippen LogP contribution is 2.34. The molecule has 0 amide bonds. The van der Waals surface area contributed by atoms with Crippen molar-refractivity contribution in [1.82, 2.24) is 5.32 Å². The minimum atomic E-state index is 0.141. The SMILES string of the molecule is CNC(C)c1c(OC)cccc1OCc1ccco1. The van der Waals surface area contributed by atoms with E-state index in [0.717, 1.165) is 22.8 Å². The van der Waals surface area contributed by atoms with E-state index in [0.29, 0.717) is 6.61 Å². The maximum Gasteiger partial charge on any atom is 0.146 e. The fourth-order valence-corrected chi connectivity index (χ4v) is 1.94. The summed E-state index contributed by atoms with van der Waals surface area (Å²) < 4.78 is 16.5. The Bertz CT molecular complexity index is 508. The zero-order valence-corrected chi connectivity index (χ0v) is 11.5. The molecule has 0 bridgehead atoms. The Labute approximate surface area is 113 Å². The van der Waals surface area contributed by atoms with Crippen LogP contribution < -0.4 is 14.8 Å². The van der Waals surface area contributed by atoms with Crippen molar-refractivity contribution in [1.29, 1.82) is 0 Å². The van der Waals surface area contributed by atoms with Gasteiger partial charge in [-0.15, -0.1) is 0 Å². The molecule has 2 aromatic rings. The van der Waals surface area contributed by atoms with Gasteiger partial charge in [-0.05, 0) is 38.2 Å². The Morgan fingerprint density at radius 3 is 2.63 bits per heavy atom. The van der Waals surface area contributed by atoms with E-state index in [-0.39, 0.29) is 6.04 Å². The van der Waals surface area contributed by atoms with E-state index < -0.39 is 0 Å². The van der Waals surface area contributed by atoms with Crippen LogP contribution in [-0.2, 0) is 6.61 Å². The van der Waals surface area contributed by atoms with Gasteiger partial charge in [-0.1, -0.05) is 6.07 Å². The van der Waals surface area contributed by atoms with Crippen molar-refractivity contribution in [3.05, 3.63) is 47.9 Å². The summed E-state index contributed by atoms with van der Waals surface area (Å²) in [6.07, 6.45) is 1.64. The molecule has 1 aromatic heterocycles. The molecule has 0 radical (unpaired) electrons. The zero-order chi connectivity index (χ0) is 13.7. The fraction of sp³-hybridized carbons (Fsp3) is 0.333. The lowest BCUT2D eigenvalue weighted by Gasteiger charge is -2.19. The van der Waals surface area contributed by atoms with Gasteiger partial charge in [0.25, 0.3) is 0 Å². The molecule has 1 unspecified atom stereocenters. The first-order chi connectivity index (χ1) is 9.26. The third-order valence-electron chi connectivity index (χ3n) is 3.06. The molecular weight excluding hydrogens is 242 g/mol. The molecule has 0 saturated carbocycles. The lowest BCUT2D eigenvalue weighted by Crippen LogP contribution is -2.15. The summed E-state index contributed by atoms with van der Waals surface area (Å²) in [5.74, 6) is 2.42. The molecule has 1 aromatic carbocycles. The molecule has 4 nitrogen and oxygen atoms in total. The van der Waals surface area contributed by atoms with E-state index in [4.69, 9.17) is 13.9 Å². The first-order valence-corrected chi connectivity index (χ1v) is 6.25. The summed E-state index contributed by atoms with van der Waals surface area (Å²) in [6.45, 7) is 2.47. The average molecular weight is 261 g/mol. The number of hydrogen-bond acceptors (Lipinski definition) is 4. The topological polar surface area (TPSA) is 43.6 Å². The summed E-state index contributed by atoms with van der Waals surface area (Å²) in [4.78, 5) is 0. The van der Waals surface area contributed by atoms with Crippen LogP contribution in [0.3, 0.4) is 0 Å². The van der Waals surface area contributed by atoms with E-state index >= 15 is 0 Å². The highest BCUT2D eigenvalue weighted by molar-refractivity contribution is 5.46. The van der Waals surface area contributed by atoms with Gasteiger partial charge in [0, 0.05) is 6.04 Å². The molecule has 102 valence electrons. The Morgan fingerprint density at radius 2 is 2.00 bits per heavy atom. The molecule has 0 saturated heterocycles. The zero-order valence-electron chi connectivity index (χ0n) is 11.5. The van der Waals surface area contributed by atoms with E-state index in [1.807, 2.05) is 37.4 Å². The minimum absolute atomic E-state index is 0.141. The van der Waals surface area contributed by atoms with Gasteiger partial charge >= 0.3 is 0 Å². The maximum atomic E-state index is 5.83. The third-order valence-corrected chi connectivity index (χ3v) is 3.06. The average Bonchev–Trinajstić information content (AvgIpc) is 2.97. The van der Waals surface area contributed by atoms with E-state index in [9.17, 15) is 0 Å². The Morgan fingerprint density at radius 1 is 1.21 bits per heavy atom. The molecule has 0 aliphatic rings. The van der Waals surface area contributed by atoms with Gasteiger partial charge in [0.2, 0.25) is 0 Å². The Balaban J connectivity index is 2.23. The van der Waals surface area contributed by atoms with Crippen molar-refractivity contribution in [2.24, 2.45) is 0 Å². The number of rotatable bonds is 6. The van der Waals surface area contributed by atoms with Gasteiger partial charge in [-0.25, -0.2) is 0 Å². The van der Waals surface area contributed by atoms with Crippen LogP contribution in [0.15, 0.2) is 41.0 Å². The Hall–Kier alpha value is -1.94. The summed E-state index contributed by atoms with van der Waals surface area (Å²) >= 11 is 0. The second kappa shape index (κ2) is 6.29. The van der Waals surface area contributed by atoms with Gasteiger partial charge in [0.1, 0.15) is 23.9 Å². The monoisotopic (exact) mass is 261 g/mol. The third kappa shape index (κ3) is 3.09. The highest BCUT2D eigenvalue weighted by Gasteiger charge is 2.16. The first kappa shape index (κ1) is 13.5. The molecule has 1 atom stereocenters. The highest BCUT2D eigenvalue weighted by atomic mass is 16.5. The molecule has 0 fully saturated rings. The quantitative estimate of drug-likeness (QED) is 0.867. The van der Waals surface area contributed by atoms with Crippen LogP contribution >= 0.6 is 0 Å².